The maximum Gasteiger partial charge on any atom is 0.335 e. The van der Waals surface area contributed by atoms with Crippen LogP contribution in [-0.4, -0.2) is 51.6 Å². The normalized spacial score (nSPS) is 18.4. The summed E-state index contributed by atoms with van der Waals surface area (Å²) in [6, 6.07) is 19.0. The molecule has 8 nitrogen and oxygen atoms in total. The summed E-state index contributed by atoms with van der Waals surface area (Å²) in [4.78, 5) is 37.7. The minimum Gasteiger partial charge on any atom is -0.478 e. The molecule has 0 aromatic heterocycles. The largest absolute Gasteiger partial charge is 0.478 e. The quantitative estimate of drug-likeness (QED) is 0.374. The number of carboxylic acids is 1. The molecule has 3 atom stereocenters. The molecule has 1 aliphatic heterocycles. The SMILES string of the molecule is Cc1cc(C(N)=O)ccc1-c1cccc(CN2C[C@H](O)C[C@@H]2C(=O)N[C@@H](C)c2ccc(C(=O)O)cc2)c1. The number of β-amino-alcohol motifs (C(OH)–C–C–N with tert-alkyl or cyclic N) is 1. The van der Waals surface area contributed by atoms with Crippen molar-refractivity contribution in [3.05, 3.63) is 94.5 Å². The van der Waals surface area contributed by atoms with Gasteiger partial charge in [-0.3, -0.25) is 14.5 Å². The zero-order valence-corrected chi connectivity index (χ0v) is 20.8. The van der Waals surface area contributed by atoms with Gasteiger partial charge in [-0.05, 0) is 78.4 Å². The summed E-state index contributed by atoms with van der Waals surface area (Å²) in [6.07, 6.45) is -0.267. The lowest BCUT2D eigenvalue weighted by Gasteiger charge is -2.25. The Balaban J connectivity index is 1.47. The molecule has 3 aromatic carbocycles. The first-order valence-electron chi connectivity index (χ1n) is 12.2. The molecule has 0 radical (unpaired) electrons. The number of carbonyl (C=O) groups is 3. The van der Waals surface area contributed by atoms with Crippen LogP contribution in [0.15, 0.2) is 66.7 Å². The first kappa shape index (κ1) is 26.1. The van der Waals surface area contributed by atoms with Crippen LogP contribution >= 0.6 is 0 Å². The molecule has 4 rings (SSSR count). The van der Waals surface area contributed by atoms with Crippen LogP contribution in [0.1, 0.15) is 56.8 Å². The van der Waals surface area contributed by atoms with Gasteiger partial charge in [-0.15, -0.1) is 0 Å². The number of nitrogens with two attached hydrogens (primary N) is 1. The second-order valence-electron chi connectivity index (χ2n) is 9.59. The van der Waals surface area contributed by atoms with Crippen molar-refractivity contribution in [1.82, 2.24) is 10.2 Å². The van der Waals surface area contributed by atoms with Crippen molar-refractivity contribution in [3.8, 4) is 11.1 Å². The van der Waals surface area contributed by atoms with Crippen LogP contribution in [0.2, 0.25) is 0 Å². The number of aromatic carboxylic acids is 1. The van der Waals surface area contributed by atoms with Crippen LogP contribution in [0.3, 0.4) is 0 Å². The third-order valence-electron chi connectivity index (χ3n) is 6.83. The fraction of sp³-hybridized carbons (Fsp3) is 0.276. The standard InChI is InChI=1S/C29H31N3O5/c1-17-12-23(27(30)34)10-11-25(17)22-5-3-4-19(13-22)15-32-16-24(33)14-26(32)28(35)31-18(2)20-6-8-21(9-7-20)29(36)37/h3-13,18,24,26,33H,14-16H2,1-2H3,(H2,30,34)(H,31,35)(H,36,37)/t18-,24+,26+/m0/s1. The molecule has 0 unspecified atom stereocenters. The van der Waals surface area contributed by atoms with Gasteiger partial charge in [0.15, 0.2) is 0 Å². The maximum absolute atomic E-state index is 13.2. The number of primary amides is 1. The summed E-state index contributed by atoms with van der Waals surface area (Å²) >= 11 is 0. The Kier molecular flexibility index (Phi) is 7.71. The minimum absolute atomic E-state index is 0.180. The molecular formula is C29H31N3O5. The number of nitrogens with one attached hydrogen (secondary N) is 1. The van der Waals surface area contributed by atoms with E-state index >= 15 is 0 Å². The number of aliphatic hydroxyl groups excluding tert-OH is 1. The molecule has 0 saturated carbocycles. The Morgan fingerprint density at radius 2 is 1.76 bits per heavy atom. The van der Waals surface area contributed by atoms with Crippen molar-refractivity contribution < 1.29 is 24.6 Å². The molecular weight excluding hydrogens is 470 g/mol. The Hall–Kier alpha value is -4.01. The molecule has 192 valence electrons. The third kappa shape index (κ3) is 6.04. The monoisotopic (exact) mass is 501 g/mol. The van der Waals surface area contributed by atoms with Crippen LogP contribution in [0, 0.1) is 6.92 Å². The molecule has 2 amide bonds. The van der Waals surface area contributed by atoms with E-state index in [4.69, 9.17) is 10.8 Å². The predicted octanol–water partition coefficient (Wildman–Crippen LogP) is 3.27. The molecule has 5 N–H and O–H groups in total. The summed E-state index contributed by atoms with van der Waals surface area (Å²) in [5.74, 6) is -1.65. The molecule has 1 fully saturated rings. The highest BCUT2D eigenvalue weighted by atomic mass is 16.4. The van der Waals surface area contributed by atoms with Gasteiger partial charge in [0.2, 0.25) is 11.8 Å². The Morgan fingerprint density at radius 1 is 1.05 bits per heavy atom. The van der Waals surface area contributed by atoms with E-state index in [1.165, 1.54) is 12.1 Å². The number of hydrogen-bond donors (Lipinski definition) is 4. The van der Waals surface area contributed by atoms with E-state index in [9.17, 15) is 19.5 Å². The van der Waals surface area contributed by atoms with Gasteiger partial charge in [0.25, 0.3) is 0 Å². The third-order valence-corrected chi connectivity index (χ3v) is 6.83. The number of rotatable bonds is 8. The van der Waals surface area contributed by atoms with Crippen LogP contribution in [-0.2, 0) is 11.3 Å². The number of aryl methyl sites for hydroxylation is 1. The van der Waals surface area contributed by atoms with Gasteiger partial charge in [0.05, 0.1) is 23.8 Å². The van der Waals surface area contributed by atoms with Crippen molar-refractivity contribution in [2.75, 3.05) is 6.54 Å². The van der Waals surface area contributed by atoms with Crippen LogP contribution in [0.4, 0.5) is 0 Å². The summed E-state index contributed by atoms with van der Waals surface area (Å²) in [5.41, 5.74) is 10.8. The molecule has 3 aromatic rings. The Morgan fingerprint density at radius 3 is 2.41 bits per heavy atom. The number of nitrogens with zero attached hydrogens (tertiary/aromatic N) is 1. The molecule has 8 heteroatoms. The summed E-state index contributed by atoms with van der Waals surface area (Å²) in [5, 5.41) is 22.4. The van der Waals surface area contributed by atoms with Gasteiger partial charge in [-0.1, -0.05) is 36.4 Å². The van der Waals surface area contributed by atoms with E-state index in [0.717, 1.165) is 27.8 Å². The fourth-order valence-electron chi connectivity index (χ4n) is 4.85. The second kappa shape index (κ2) is 10.9. The molecule has 1 aliphatic rings. The van der Waals surface area contributed by atoms with Crippen molar-refractivity contribution >= 4 is 17.8 Å². The van der Waals surface area contributed by atoms with E-state index in [0.29, 0.717) is 25.1 Å². The topological polar surface area (TPSA) is 133 Å². The van der Waals surface area contributed by atoms with Gasteiger partial charge in [0, 0.05) is 18.7 Å². The van der Waals surface area contributed by atoms with E-state index in [1.807, 2.05) is 43.0 Å². The number of likely N-dealkylation sites (tertiary alicyclic amines) is 1. The summed E-state index contributed by atoms with van der Waals surface area (Å²) in [6.45, 7) is 4.65. The minimum atomic E-state index is -0.999. The first-order valence-corrected chi connectivity index (χ1v) is 12.2. The van der Waals surface area contributed by atoms with Crippen molar-refractivity contribution in [2.24, 2.45) is 5.73 Å². The molecule has 0 spiro atoms. The maximum atomic E-state index is 13.2. The highest BCUT2D eigenvalue weighted by molar-refractivity contribution is 5.93. The highest BCUT2D eigenvalue weighted by Gasteiger charge is 2.36. The van der Waals surface area contributed by atoms with Gasteiger partial charge in [-0.25, -0.2) is 4.79 Å². The van der Waals surface area contributed by atoms with Gasteiger partial charge in [0.1, 0.15) is 0 Å². The first-order chi connectivity index (χ1) is 17.6. The second-order valence-corrected chi connectivity index (χ2v) is 9.59. The van der Waals surface area contributed by atoms with Crippen molar-refractivity contribution in [1.29, 1.82) is 0 Å². The Bertz CT molecular complexity index is 1320. The summed E-state index contributed by atoms with van der Waals surface area (Å²) < 4.78 is 0. The van der Waals surface area contributed by atoms with Gasteiger partial charge < -0.3 is 21.3 Å². The molecule has 1 saturated heterocycles. The lowest BCUT2D eigenvalue weighted by atomic mass is 9.96. The molecule has 1 heterocycles. The fourth-order valence-corrected chi connectivity index (χ4v) is 4.85. The van der Waals surface area contributed by atoms with Gasteiger partial charge >= 0.3 is 5.97 Å². The number of carbonyl (C=O) groups excluding carboxylic acids is 2. The van der Waals surface area contributed by atoms with E-state index in [2.05, 4.69) is 11.4 Å². The number of hydrogen-bond acceptors (Lipinski definition) is 5. The number of aliphatic hydroxyl groups is 1. The van der Waals surface area contributed by atoms with E-state index < -0.39 is 24.0 Å². The molecule has 37 heavy (non-hydrogen) atoms. The lowest BCUT2D eigenvalue weighted by molar-refractivity contribution is -0.126. The summed E-state index contributed by atoms with van der Waals surface area (Å²) in [7, 11) is 0. The van der Waals surface area contributed by atoms with Crippen LogP contribution < -0.4 is 11.1 Å². The van der Waals surface area contributed by atoms with E-state index in [1.54, 1.807) is 24.3 Å². The van der Waals surface area contributed by atoms with Crippen LogP contribution in [0.25, 0.3) is 11.1 Å². The Labute approximate surface area is 215 Å². The number of carboxylic acid groups (broad SMARTS) is 1. The zero-order chi connectivity index (χ0) is 26.7. The molecule has 0 aliphatic carbocycles. The number of benzene rings is 3. The predicted molar refractivity (Wildman–Crippen MR) is 140 cm³/mol. The lowest BCUT2D eigenvalue weighted by Crippen LogP contribution is -2.43. The van der Waals surface area contributed by atoms with Gasteiger partial charge in [-0.2, -0.15) is 0 Å². The van der Waals surface area contributed by atoms with Crippen molar-refractivity contribution in [3.63, 3.8) is 0 Å². The van der Waals surface area contributed by atoms with Crippen molar-refractivity contribution in [2.45, 2.75) is 45.0 Å². The molecule has 0 bridgehead atoms. The zero-order valence-electron chi connectivity index (χ0n) is 20.8. The smallest absolute Gasteiger partial charge is 0.335 e. The highest BCUT2D eigenvalue weighted by Crippen LogP contribution is 2.27. The van der Waals surface area contributed by atoms with Crippen LogP contribution in [0.5, 0.6) is 0 Å². The van der Waals surface area contributed by atoms with E-state index in [-0.39, 0.29) is 17.5 Å². The number of amides is 2. The average molecular weight is 502 g/mol. The average Bonchev–Trinajstić information content (AvgIpc) is 3.24.